The SMILES string of the molecule is COCCNCCNC(=O)C1CCCCC1(C)N. The van der Waals surface area contributed by atoms with Crippen LogP contribution in [0.15, 0.2) is 0 Å². The molecule has 4 N–H and O–H groups in total. The zero-order chi connectivity index (χ0) is 13.4. The van der Waals surface area contributed by atoms with Gasteiger partial charge in [0, 0.05) is 32.3 Å². The first-order valence-corrected chi connectivity index (χ1v) is 6.84. The van der Waals surface area contributed by atoms with Crippen LogP contribution in [0.2, 0.25) is 0 Å². The highest BCUT2D eigenvalue weighted by molar-refractivity contribution is 5.80. The number of hydrogen-bond acceptors (Lipinski definition) is 4. The average Bonchev–Trinajstić information content (AvgIpc) is 2.32. The lowest BCUT2D eigenvalue weighted by atomic mass is 9.74. The number of nitrogens with two attached hydrogens (primary N) is 1. The molecule has 5 nitrogen and oxygen atoms in total. The lowest BCUT2D eigenvalue weighted by Crippen LogP contribution is -2.53. The average molecular weight is 257 g/mol. The molecule has 1 amide bonds. The molecule has 0 bridgehead atoms. The van der Waals surface area contributed by atoms with E-state index in [1.807, 2.05) is 6.92 Å². The molecule has 0 radical (unpaired) electrons. The Morgan fingerprint density at radius 2 is 2.17 bits per heavy atom. The van der Waals surface area contributed by atoms with Crippen LogP contribution in [0.3, 0.4) is 0 Å². The van der Waals surface area contributed by atoms with E-state index < -0.39 is 0 Å². The third kappa shape index (κ3) is 4.92. The van der Waals surface area contributed by atoms with Crippen molar-refractivity contribution in [1.29, 1.82) is 0 Å². The zero-order valence-corrected chi connectivity index (χ0v) is 11.6. The second-order valence-electron chi connectivity index (χ2n) is 5.34. The van der Waals surface area contributed by atoms with Crippen LogP contribution in [0.1, 0.15) is 32.6 Å². The number of nitrogens with one attached hydrogen (secondary N) is 2. The van der Waals surface area contributed by atoms with Crippen molar-refractivity contribution in [2.24, 2.45) is 11.7 Å². The first-order valence-electron chi connectivity index (χ1n) is 6.84. The van der Waals surface area contributed by atoms with Gasteiger partial charge in [-0.25, -0.2) is 0 Å². The van der Waals surface area contributed by atoms with Gasteiger partial charge < -0.3 is 21.1 Å². The van der Waals surface area contributed by atoms with E-state index in [0.717, 1.165) is 38.8 Å². The topological polar surface area (TPSA) is 76.4 Å². The Bertz CT molecular complexity index is 257. The Balaban J connectivity index is 2.19. The zero-order valence-electron chi connectivity index (χ0n) is 11.6. The Morgan fingerprint density at radius 3 is 2.83 bits per heavy atom. The molecule has 0 heterocycles. The maximum absolute atomic E-state index is 12.1. The van der Waals surface area contributed by atoms with Crippen LogP contribution in [0, 0.1) is 5.92 Å². The van der Waals surface area contributed by atoms with Crippen molar-refractivity contribution in [3.63, 3.8) is 0 Å². The Hall–Kier alpha value is -0.650. The summed E-state index contributed by atoms with van der Waals surface area (Å²) in [6.45, 7) is 4.91. The summed E-state index contributed by atoms with van der Waals surface area (Å²) < 4.78 is 4.93. The second-order valence-corrected chi connectivity index (χ2v) is 5.34. The summed E-state index contributed by atoms with van der Waals surface area (Å²) in [5, 5.41) is 6.16. The number of methoxy groups -OCH3 is 1. The minimum absolute atomic E-state index is 0.0368. The molecule has 2 unspecified atom stereocenters. The fourth-order valence-electron chi connectivity index (χ4n) is 2.49. The van der Waals surface area contributed by atoms with Crippen molar-refractivity contribution in [3.8, 4) is 0 Å². The summed E-state index contributed by atoms with van der Waals surface area (Å²) in [5.41, 5.74) is 5.86. The summed E-state index contributed by atoms with van der Waals surface area (Å²) in [6, 6.07) is 0. The van der Waals surface area contributed by atoms with Gasteiger partial charge in [-0.2, -0.15) is 0 Å². The maximum atomic E-state index is 12.1. The van der Waals surface area contributed by atoms with E-state index in [1.165, 1.54) is 0 Å². The van der Waals surface area contributed by atoms with Crippen LogP contribution in [0.25, 0.3) is 0 Å². The quantitative estimate of drug-likeness (QED) is 0.571. The van der Waals surface area contributed by atoms with Crippen LogP contribution < -0.4 is 16.4 Å². The molecule has 5 heteroatoms. The first-order chi connectivity index (χ1) is 8.58. The standard InChI is InChI=1S/C13H27N3O2/c1-13(14)6-4-3-5-11(13)12(17)16-8-7-15-9-10-18-2/h11,15H,3-10,14H2,1-2H3,(H,16,17). The third-order valence-corrected chi connectivity index (χ3v) is 3.65. The van der Waals surface area contributed by atoms with Gasteiger partial charge in [0.05, 0.1) is 12.5 Å². The van der Waals surface area contributed by atoms with Crippen molar-refractivity contribution in [2.45, 2.75) is 38.1 Å². The van der Waals surface area contributed by atoms with Gasteiger partial charge in [0.15, 0.2) is 0 Å². The molecule has 2 atom stereocenters. The van der Waals surface area contributed by atoms with Crippen LogP contribution in [0.5, 0.6) is 0 Å². The normalized spacial score (nSPS) is 28.1. The Labute approximate surface area is 110 Å². The fraction of sp³-hybridized carbons (Fsp3) is 0.923. The van der Waals surface area contributed by atoms with Gasteiger partial charge in [0.25, 0.3) is 0 Å². The van der Waals surface area contributed by atoms with Crippen LogP contribution in [-0.2, 0) is 9.53 Å². The first kappa shape index (κ1) is 15.4. The van der Waals surface area contributed by atoms with Gasteiger partial charge in [-0.05, 0) is 19.8 Å². The van der Waals surface area contributed by atoms with E-state index in [-0.39, 0.29) is 17.4 Å². The van der Waals surface area contributed by atoms with Crippen molar-refractivity contribution in [2.75, 3.05) is 33.4 Å². The number of ether oxygens (including phenoxy) is 1. The molecule has 106 valence electrons. The predicted molar refractivity (Wildman–Crippen MR) is 72.3 cm³/mol. The van der Waals surface area contributed by atoms with E-state index in [2.05, 4.69) is 10.6 Å². The number of amides is 1. The molecule has 0 aromatic heterocycles. The van der Waals surface area contributed by atoms with Crippen molar-refractivity contribution >= 4 is 5.91 Å². The van der Waals surface area contributed by atoms with Crippen LogP contribution in [0.4, 0.5) is 0 Å². The van der Waals surface area contributed by atoms with Crippen molar-refractivity contribution in [1.82, 2.24) is 10.6 Å². The third-order valence-electron chi connectivity index (χ3n) is 3.65. The van der Waals surface area contributed by atoms with E-state index >= 15 is 0 Å². The summed E-state index contributed by atoms with van der Waals surface area (Å²) >= 11 is 0. The van der Waals surface area contributed by atoms with E-state index in [4.69, 9.17) is 10.5 Å². The number of hydrogen-bond donors (Lipinski definition) is 3. The van der Waals surface area contributed by atoms with Gasteiger partial charge in [0.2, 0.25) is 5.91 Å². The smallest absolute Gasteiger partial charge is 0.225 e. The number of carbonyl (C=O) groups excluding carboxylic acids is 1. The fourth-order valence-corrected chi connectivity index (χ4v) is 2.49. The van der Waals surface area contributed by atoms with Gasteiger partial charge >= 0.3 is 0 Å². The molecule has 0 saturated heterocycles. The summed E-state index contributed by atoms with van der Waals surface area (Å²) in [7, 11) is 1.68. The Kier molecular flexibility index (Phi) is 6.60. The van der Waals surface area contributed by atoms with E-state index in [1.54, 1.807) is 7.11 Å². The number of rotatable bonds is 7. The Morgan fingerprint density at radius 1 is 1.39 bits per heavy atom. The molecule has 1 aliphatic rings. The highest BCUT2D eigenvalue weighted by Gasteiger charge is 2.37. The lowest BCUT2D eigenvalue weighted by Gasteiger charge is -2.37. The van der Waals surface area contributed by atoms with E-state index in [0.29, 0.717) is 13.2 Å². The highest BCUT2D eigenvalue weighted by Crippen LogP contribution is 2.31. The predicted octanol–water partition coefficient (Wildman–Crippen LogP) is 0.246. The summed E-state index contributed by atoms with van der Waals surface area (Å²) in [6.07, 6.45) is 4.10. The largest absolute Gasteiger partial charge is 0.383 e. The van der Waals surface area contributed by atoms with Crippen molar-refractivity contribution < 1.29 is 9.53 Å². The molecule has 0 aliphatic heterocycles. The summed E-state index contributed by atoms with van der Waals surface area (Å²) in [4.78, 5) is 12.1. The minimum Gasteiger partial charge on any atom is -0.383 e. The summed E-state index contributed by atoms with van der Waals surface area (Å²) in [5.74, 6) is 0.0680. The maximum Gasteiger partial charge on any atom is 0.225 e. The number of carbonyl (C=O) groups is 1. The molecule has 1 rings (SSSR count). The van der Waals surface area contributed by atoms with Crippen LogP contribution in [-0.4, -0.2) is 44.8 Å². The molecule has 0 aromatic carbocycles. The molecular formula is C13H27N3O2. The molecular weight excluding hydrogens is 230 g/mol. The lowest BCUT2D eigenvalue weighted by molar-refractivity contribution is -0.128. The molecule has 1 saturated carbocycles. The molecule has 0 aromatic rings. The van der Waals surface area contributed by atoms with E-state index in [9.17, 15) is 4.79 Å². The second kappa shape index (κ2) is 7.71. The van der Waals surface area contributed by atoms with Crippen LogP contribution >= 0.6 is 0 Å². The van der Waals surface area contributed by atoms with Gasteiger partial charge in [-0.15, -0.1) is 0 Å². The van der Waals surface area contributed by atoms with Gasteiger partial charge in [-0.3, -0.25) is 4.79 Å². The molecule has 1 fully saturated rings. The monoisotopic (exact) mass is 257 g/mol. The minimum atomic E-state index is -0.341. The van der Waals surface area contributed by atoms with Gasteiger partial charge in [0.1, 0.15) is 0 Å². The van der Waals surface area contributed by atoms with Gasteiger partial charge in [-0.1, -0.05) is 12.8 Å². The molecule has 1 aliphatic carbocycles. The highest BCUT2D eigenvalue weighted by atomic mass is 16.5. The molecule has 0 spiro atoms. The van der Waals surface area contributed by atoms with Crippen molar-refractivity contribution in [3.05, 3.63) is 0 Å². The molecule has 18 heavy (non-hydrogen) atoms.